The van der Waals surface area contributed by atoms with Crippen LogP contribution in [0.3, 0.4) is 0 Å². The van der Waals surface area contributed by atoms with Gasteiger partial charge < -0.3 is 205 Å². The number of carbonyl (C=O) groups excluding carboxylic acids is 4. The first-order valence-electron chi connectivity index (χ1n) is 32.0. The number of amides is 4. The molecule has 7 heterocycles. The minimum absolute atomic E-state index is 0.790. The number of ether oxygens (including phenoxy) is 14. The van der Waals surface area contributed by atoms with E-state index >= 15 is 0 Å². The maximum atomic E-state index is 12.8. The molecule has 45 heteroatoms. The van der Waals surface area contributed by atoms with Gasteiger partial charge in [0.1, 0.15) is 189 Å². The van der Waals surface area contributed by atoms with Crippen LogP contribution in [-0.2, 0) is 85.5 Å². The summed E-state index contributed by atoms with van der Waals surface area (Å²) in [5.41, 5.74) is 0. The zero-order valence-electron chi connectivity index (χ0n) is 54.5. The third-order valence-electron chi connectivity index (χ3n) is 17.9. The summed E-state index contributed by atoms with van der Waals surface area (Å²) in [5, 5.41) is 261. The van der Waals surface area contributed by atoms with Gasteiger partial charge in [0.25, 0.3) is 0 Å². The Morgan fingerprint density at radius 2 is 0.683 bits per heavy atom. The summed E-state index contributed by atoms with van der Waals surface area (Å²) in [6.45, 7) is -5.75. The first-order chi connectivity index (χ1) is 47.7. The maximum absolute atomic E-state index is 12.8. The molecule has 586 valence electrons. The van der Waals surface area contributed by atoms with Crippen LogP contribution in [0.15, 0.2) is 0 Å². The lowest BCUT2D eigenvalue weighted by Gasteiger charge is -2.50. The van der Waals surface area contributed by atoms with Crippen LogP contribution in [0.5, 0.6) is 0 Å². The van der Waals surface area contributed by atoms with Crippen LogP contribution in [0.4, 0.5) is 0 Å². The fraction of sp³-hybridized carbons (Fsp3) is 0.929. The first kappa shape index (κ1) is 84.7. The molecule has 27 N–H and O–H groups in total. The second kappa shape index (κ2) is 37.8. The van der Waals surface area contributed by atoms with E-state index in [2.05, 4.69) is 21.3 Å². The molecule has 0 radical (unpaired) electrons. The van der Waals surface area contributed by atoms with Gasteiger partial charge in [0, 0.05) is 27.7 Å². The van der Waals surface area contributed by atoms with Crippen LogP contribution in [0, 0.1) is 0 Å². The Balaban J connectivity index is 1.21. The van der Waals surface area contributed by atoms with E-state index in [4.69, 9.17) is 66.3 Å². The van der Waals surface area contributed by atoms with Gasteiger partial charge in [0.15, 0.2) is 44.0 Å². The molecule has 0 spiro atoms. The van der Waals surface area contributed by atoms with Crippen molar-refractivity contribution in [3.8, 4) is 0 Å². The van der Waals surface area contributed by atoms with Crippen molar-refractivity contribution in [1.82, 2.24) is 21.3 Å². The predicted molar refractivity (Wildman–Crippen MR) is 313 cm³/mol. The monoisotopic (exact) mass is 1480 g/mol. The van der Waals surface area contributed by atoms with Crippen molar-refractivity contribution < 1.29 is 203 Å². The summed E-state index contributed by atoms with van der Waals surface area (Å²) in [5.74, 6) is -3.45. The van der Waals surface area contributed by atoms with E-state index in [1.807, 2.05) is 0 Å². The number of carbonyl (C=O) groups is 4. The zero-order valence-corrected chi connectivity index (χ0v) is 54.5. The van der Waals surface area contributed by atoms with Gasteiger partial charge in [-0.05, 0) is 0 Å². The van der Waals surface area contributed by atoms with E-state index < -0.39 is 322 Å². The van der Waals surface area contributed by atoms with Crippen LogP contribution in [-0.4, -0.2) is 440 Å². The maximum Gasteiger partial charge on any atom is 0.217 e. The molecule has 45 nitrogen and oxygen atoms in total. The van der Waals surface area contributed by atoms with Gasteiger partial charge in [0.05, 0.1) is 65.5 Å². The van der Waals surface area contributed by atoms with Crippen molar-refractivity contribution in [3.05, 3.63) is 0 Å². The number of hydrogen-bond acceptors (Lipinski definition) is 41. The van der Waals surface area contributed by atoms with Crippen LogP contribution in [0.1, 0.15) is 27.7 Å². The lowest BCUT2D eigenvalue weighted by Crippen LogP contribution is -2.70. The number of rotatable bonds is 30. The van der Waals surface area contributed by atoms with E-state index in [-0.39, 0.29) is 0 Å². The molecule has 0 saturated carbocycles. The molecular formula is C56H96N4O41. The molecule has 4 amide bonds. The van der Waals surface area contributed by atoms with Crippen molar-refractivity contribution >= 4 is 23.6 Å². The van der Waals surface area contributed by atoms with E-state index in [9.17, 15) is 137 Å². The average Bonchev–Trinajstić information content (AvgIpc) is 0.777. The Labute approximate surface area is 572 Å². The summed E-state index contributed by atoms with van der Waals surface area (Å²) in [6.07, 6.45) is -72.0. The fourth-order valence-electron chi connectivity index (χ4n) is 12.6. The van der Waals surface area contributed by atoms with Crippen LogP contribution in [0.25, 0.3) is 0 Å². The second-order valence-corrected chi connectivity index (χ2v) is 25.1. The van der Waals surface area contributed by atoms with Crippen molar-refractivity contribution in [2.24, 2.45) is 0 Å². The lowest BCUT2D eigenvalue weighted by molar-refractivity contribution is -0.392. The molecule has 7 rings (SSSR count). The van der Waals surface area contributed by atoms with Crippen LogP contribution in [0.2, 0.25) is 0 Å². The Morgan fingerprint density at radius 3 is 1.15 bits per heavy atom. The van der Waals surface area contributed by atoms with E-state index in [1.54, 1.807) is 0 Å². The van der Waals surface area contributed by atoms with Crippen molar-refractivity contribution in [2.45, 2.75) is 267 Å². The summed E-state index contributed by atoms with van der Waals surface area (Å²) in [7, 11) is 0. The van der Waals surface area contributed by atoms with Gasteiger partial charge in [-0.1, -0.05) is 0 Å². The SMILES string of the molecule is CC(=O)N[C@H]1[C@H](O[C@@H]([C@H](O)[C@H](CO)NC(C)=O)[C@H](O)CO)O[C@H](CO)[C@@H](O[C@H]2O[C@H](CO[C@@H]3O[C@H](CO)[C@@H](O)[C@H](O)[C@@H]3O[C@@H]3O[C@H](CO)[C@@H](O[C@@H]4O[C@H](CO)[C@H](O)[C@H](O)[C@H]4O)[C@H](O)[C@H]3NC(C)=O)[C@@H](O)[C@H](O[C@H]3O[C@H](CO)[C@@H](O[C@@H]4O[C@H](CO)[C@@H](O)[C@H](O)[C@H]4NC(C)=O)[C@H](O)[C@@H]3O)[C@@H]2O)[C@@H]1O. The molecule has 7 aliphatic rings. The minimum Gasteiger partial charge on any atom is -0.394 e. The third kappa shape index (κ3) is 19.6. The molecular weight excluding hydrogens is 1380 g/mol. The summed E-state index contributed by atoms with van der Waals surface area (Å²) < 4.78 is 82.2. The highest BCUT2D eigenvalue weighted by Gasteiger charge is 2.59. The first-order valence-corrected chi connectivity index (χ1v) is 32.0. The summed E-state index contributed by atoms with van der Waals surface area (Å²) >= 11 is 0. The van der Waals surface area contributed by atoms with Gasteiger partial charge >= 0.3 is 0 Å². The quantitative estimate of drug-likeness (QED) is 0.0318. The lowest BCUT2D eigenvalue weighted by atomic mass is 9.94. The van der Waals surface area contributed by atoms with Crippen LogP contribution < -0.4 is 21.3 Å². The fourth-order valence-corrected chi connectivity index (χ4v) is 12.6. The van der Waals surface area contributed by atoms with Crippen molar-refractivity contribution in [3.63, 3.8) is 0 Å². The van der Waals surface area contributed by atoms with E-state index in [0.717, 1.165) is 27.7 Å². The minimum atomic E-state index is -2.48. The molecule has 7 aliphatic heterocycles. The number of aliphatic hydroxyl groups excluding tert-OH is 23. The van der Waals surface area contributed by atoms with Crippen molar-refractivity contribution in [1.29, 1.82) is 0 Å². The highest BCUT2D eigenvalue weighted by Crippen LogP contribution is 2.38. The standard InChI is InChI=1S/C56H96N4O41/c1-14(69)57-18(5-61)30(74)44(19(73)6-62)96-51-28(59-16(3)71)36(80)46(24(11-67)92-51)99-55-43(87)48(100-54-42(86)40(84)47(25(12-68)94-54)97-50-27(58-15(2)70)35(79)31(75)20(7-63)89-50)34(78)26(95-55)13-88-56-49(39(83)33(77)22(9-65)91-56)101-52-29(60-17(4)72)37(81)45(23(10-66)93-52)98-53-41(85)38(82)32(76)21(8-64)90-53/h18-56,61-68,73-87H,5-13H2,1-4H3,(H,57,69)(H,58,70)(H,59,71)(H,60,72)/t18-,19+,20+,21+,22+,23+,24+,25+,26+,27+,28+,29+,30+,31+,32-,33+,34+,35+,36+,37+,38-,39-,40+,41+,42-,43-,44+,45+,46+,47+,48-,49-,50-,51-,52-,53-,54+,55+,56+/m0/s1. The predicted octanol–water partition coefficient (Wildman–Crippen LogP) is -18.2. The van der Waals surface area contributed by atoms with Crippen molar-refractivity contribution in [2.75, 3.05) is 59.5 Å². The molecule has 0 unspecified atom stereocenters. The molecule has 7 fully saturated rings. The normalized spacial score (nSPS) is 45.0. The molecule has 0 aromatic carbocycles. The number of hydrogen-bond donors (Lipinski definition) is 27. The summed E-state index contributed by atoms with van der Waals surface area (Å²) in [6, 6.07) is -7.05. The van der Waals surface area contributed by atoms with Gasteiger partial charge in [0.2, 0.25) is 23.6 Å². The van der Waals surface area contributed by atoms with Crippen LogP contribution >= 0.6 is 0 Å². The van der Waals surface area contributed by atoms with E-state index in [0.29, 0.717) is 0 Å². The molecule has 0 aliphatic carbocycles. The third-order valence-corrected chi connectivity index (χ3v) is 17.9. The zero-order chi connectivity index (χ0) is 74.9. The van der Waals surface area contributed by atoms with Gasteiger partial charge in [-0.15, -0.1) is 0 Å². The van der Waals surface area contributed by atoms with Gasteiger partial charge in [-0.25, -0.2) is 0 Å². The van der Waals surface area contributed by atoms with Gasteiger partial charge in [-0.3, -0.25) is 19.2 Å². The second-order valence-electron chi connectivity index (χ2n) is 25.1. The Morgan fingerprint density at radius 1 is 0.337 bits per heavy atom. The molecule has 0 bridgehead atoms. The molecule has 0 aromatic heterocycles. The molecule has 0 aromatic rings. The smallest absolute Gasteiger partial charge is 0.217 e. The van der Waals surface area contributed by atoms with Gasteiger partial charge in [-0.2, -0.15) is 0 Å². The highest BCUT2D eigenvalue weighted by atomic mass is 16.8. The Bertz CT molecular complexity index is 2580. The highest BCUT2D eigenvalue weighted by molar-refractivity contribution is 5.74. The number of nitrogens with one attached hydrogen (secondary N) is 4. The molecule has 7 saturated heterocycles. The summed E-state index contributed by atoms with van der Waals surface area (Å²) in [4.78, 5) is 49.8. The molecule has 101 heavy (non-hydrogen) atoms. The van der Waals surface area contributed by atoms with E-state index in [1.165, 1.54) is 0 Å². The topological polar surface area (TPSA) is 711 Å². The number of aliphatic hydroxyl groups is 23. The average molecular weight is 1480 g/mol. The Hall–Kier alpha value is -3.60. The largest absolute Gasteiger partial charge is 0.394 e. The Kier molecular flexibility index (Phi) is 31.7. The molecule has 39 atom stereocenters.